The Morgan fingerprint density at radius 3 is 2.77 bits per heavy atom. The van der Waals surface area contributed by atoms with Gasteiger partial charge < -0.3 is 5.32 Å². The number of aromatic nitrogens is 3. The van der Waals surface area contributed by atoms with E-state index >= 15 is 0 Å². The normalized spacial score (nSPS) is 30.1. The molecule has 150 valence electrons. The summed E-state index contributed by atoms with van der Waals surface area (Å²) >= 11 is 0. The Kier molecular flexibility index (Phi) is 3.35. The first-order valence-electron chi connectivity index (χ1n) is 10.6. The van der Waals surface area contributed by atoms with Gasteiger partial charge in [0.05, 0.1) is 17.7 Å². The van der Waals surface area contributed by atoms with Crippen molar-refractivity contribution in [3.63, 3.8) is 0 Å². The van der Waals surface area contributed by atoms with E-state index in [0.29, 0.717) is 11.7 Å². The van der Waals surface area contributed by atoms with E-state index in [1.165, 1.54) is 0 Å². The van der Waals surface area contributed by atoms with Crippen LogP contribution in [0.1, 0.15) is 43.2 Å². The molecule has 0 aliphatic heterocycles. The lowest BCUT2D eigenvalue weighted by molar-refractivity contribution is -0.117. The van der Waals surface area contributed by atoms with Gasteiger partial charge in [-0.1, -0.05) is 19.1 Å². The lowest BCUT2D eigenvalue weighted by Gasteiger charge is -2.11. The maximum absolute atomic E-state index is 12.9. The zero-order chi connectivity index (χ0) is 20.7. The fraction of sp³-hybridized carbons (Fsp3) is 0.417. The van der Waals surface area contributed by atoms with E-state index in [1.54, 1.807) is 10.9 Å². The molecule has 30 heavy (non-hydrogen) atoms. The van der Waals surface area contributed by atoms with Gasteiger partial charge in [0, 0.05) is 36.7 Å². The van der Waals surface area contributed by atoms with Crippen molar-refractivity contribution in [2.45, 2.75) is 37.5 Å². The lowest BCUT2D eigenvalue weighted by atomic mass is 9.92. The van der Waals surface area contributed by atoms with Crippen molar-refractivity contribution >= 4 is 22.5 Å². The number of aryl methyl sites for hydroxylation is 1. The number of anilines is 1. The molecule has 0 unspecified atom stereocenters. The Labute approximate surface area is 174 Å². The summed E-state index contributed by atoms with van der Waals surface area (Å²) in [6, 6.07) is 10.7. The molecule has 0 saturated heterocycles. The average molecular weight is 397 g/mol. The summed E-state index contributed by atoms with van der Waals surface area (Å²) in [7, 11) is 1.89. The average Bonchev–Trinajstić information content (AvgIpc) is 3.69. The van der Waals surface area contributed by atoms with Gasteiger partial charge in [-0.25, -0.2) is 4.98 Å². The van der Waals surface area contributed by atoms with Crippen LogP contribution in [-0.2, 0) is 17.3 Å². The van der Waals surface area contributed by atoms with Crippen LogP contribution in [0.2, 0.25) is 0 Å². The quantitative estimate of drug-likeness (QED) is 0.724. The summed E-state index contributed by atoms with van der Waals surface area (Å²) in [5, 5.41) is 19.1. The second kappa shape index (κ2) is 5.69. The van der Waals surface area contributed by atoms with Crippen molar-refractivity contribution in [3.8, 4) is 6.07 Å². The lowest BCUT2D eigenvalue weighted by Crippen LogP contribution is -2.16. The maximum Gasteiger partial charge on any atom is 0.229 e. The molecule has 1 N–H and O–H groups in total. The third-order valence-corrected chi connectivity index (χ3v) is 7.69. The minimum Gasteiger partial charge on any atom is -0.310 e. The minimum atomic E-state index is -0.311. The molecule has 3 aliphatic rings. The van der Waals surface area contributed by atoms with E-state index in [9.17, 15) is 10.1 Å². The highest BCUT2D eigenvalue weighted by Crippen LogP contribution is 2.78. The summed E-state index contributed by atoms with van der Waals surface area (Å²) < 4.78 is 1.78. The van der Waals surface area contributed by atoms with Gasteiger partial charge >= 0.3 is 0 Å². The predicted octanol–water partition coefficient (Wildman–Crippen LogP) is 3.90. The smallest absolute Gasteiger partial charge is 0.229 e. The first kappa shape index (κ1) is 17.6. The number of amides is 1. The third kappa shape index (κ3) is 2.38. The topological polar surface area (TPSA) is 83.6 Å². The first-order chi connectivity index (χ1) is 14.5. The van der Waals surface area contributed by atoms with E-state index < -0.39 is 0 Å². The van der Waals surface area contributed by atoms with Crippen molar-refractivity contribution in [2.24, 2.45) is 24.3 Å². The molecule has 2 heterocycles. The van der Waals surface area contributed by atoms with Gasteiger partial charge in [0.1, 0.15) is 5.82 Å². The number of fused-ring (bicyclic) bond motifs is 1. The second-order valence-electron chi connectivity index (χ2n) is 9.45. The standard InChI is InChI=1S/C24H23N5O/c1-14-20(17-10-27-29(2)11-17)21(14)22(30)28-19-8-16-7-18(4-3-15(16)9-26-19)24(13-25)12-23(24)5-6-23/h3-4,7-11,14,20-21H,5-6,12H2,1-2H3,(H,26,28,30)/t14-,20+,21-,24+/m1/s1. The fourth-order valence-electron chi connectivity index (χ4n) is 5.52. The van der Waals surface area contributed by atoms with Crippen molar-refractivity contribution in [2.75, 3.05) is 5.32 Å². The highest BCUT2D eigenvalue weighted by molar-refractivity contribution is 5.96. The molecule has 1 amide bonds. The summed E-state index contributed by atoms with van der Waals surface area (Å²) in [5.74, 6) is 1.02. The van der Waals surface area contributed by atoms with Crippen LogP contribution in [0.25, 0.3) is 10.8 Å². The Bertz CT molecular complexity index is 1250. The predicted molar refractivity (Wildman–Crippen MR) is 113 cm³/mol. The molecule has 6 heteroatoms. The number of nitrogens with zero attached hydrogens (tertiary/aromatic N) is 4. The Balaban J connectivity index is 1.24. The van der Waals surface area contributed by atoms with Gasteiger partial charge in [-0.3, -0.25) is 9.48 Å². The monoisotopic (exact) mass is 397 g/mol. The number of carbonyl (C=O) groups is 1. The molecule has 3 aliphatic carbocycles. The number of rotatable bonds is 4. The highest BCUT2D eigenvalue weighted by Gasteiger charge is 2.75. The van der Waals surface area contributed by atoms with E-state index in [-0.39, 0.29) is 28.6 Å². The molecular formula is C24H23N5O. The molecule has 3 aromatic rings. The molecule has 0 bridgehead atoms. The van der Waals surface area contributed by atoms with E-state index in [1.807, 2.05) is 31.6 Å². The van der Waals surface area contributed by atoms with Crippen LogP contribution < -0.4 is 5.32 Å². The molecule has 6 rings (SSSR count). The van der Waals surface area contributed by atoms with Gasteiger partial charge in [0.15, 0.2) is 0 Å². The third-order valence-electron chi connectivity index (χ3n) is 7.69. The molecule has 2 aromatic heterocycles. The maximum atomic E-state index is 12.9. The number of nitriles is 1. The Morgan fingerprint density at radius 2 is 2.10 bits per heavy atom. The molecule has 4 atom stereocenters. The number of carbonyl (C=O) groups excluding carboxylic acids is 1. The van der Waals surface area contributed by atoms with Gasteiger partial charge in [-0.05, 0) is 59.2 Å². The molecule has 6 nitrogen and oxygen atoms in total. The van der Waals surface area contributed by atoms with Crippen molar-refractivity contribution in [1.82, 2.24) is 14.8 Å². The Hall–Kier alpha value is -3.20. The number of hydrogen-bond acceptors (Lipinski definition) is 4. The van der Waals surface area contributed by atoms with Crippen molar-refractivity contribution in [1.29, 1.82) is 5.26 Å². The zero-order valence-electron chi connectivity index (χ0n) is 17.1. The van der Waals surface area contributed by atoms with E-state index in [2.05, 4.69) is 40.5 Å². The van der Waals surface area contributed by atoms with E-state index in [0.717, 1.165) is 41.2 Å². The molecule has 3 saturated carbocycles. The van der Waals surface area contributed by atoms with Crippen molar-refractivity contribution < 1.29 is 4.79 Å². The van der Waals surface area contributed by atoms with Crippen LogP contribution in [0.15, 0.2) is 42.9 Å². The van der Waals surface area contributed by atoms with Crippen LogP contribution in [0.3, 0.4) is 0 Å². The highest BCUT2D eigenvalue weighted by atomic mass is 16.2. The van der Waals surface area contributed by atoms with Gasteiger partial charge in [-0.2, -0.15) is 10.4 Å². The number of benzene rings is 1. The SMILES string of the molecule is C[C@H]1[C@@H](C(=O)Nc2cc3cc([C@@]4(C#N)CC45CC5)ccc3cn2)[C@@H]1c1cnn(C)c1. The Morgan fingerprint density at radius 1 is 1.27 bits per heavy atom. The summed E-state index contributed by atoms with van der Waals surface area (Å²) in [6.45, 7) is 2.10. The number of nitrogens with one attached hydrogen (secondary N) is 1. The van der Waals surface area contributed by atoms with Crippen LogP contribution in [-0.4, -0.2) is 20.7 Å². The molecule has 3 fully saturated rings. The number of hydrogen-bond donors (Lipinski definition) is 1. The largest absolute Gasteiger partial charge is 0.310 e. The summed E-state index contributed by atoms with van der Waals surface area (Å²) in [5.41, 5.74) is 2.14. The van der Waals surface area contributed by atoms with Gasteiger partial charge in [0.2, 0.25) is 5.91 Å². The molecular weight excluding hydrogens is 374 g/mol. The number of pyridine rings is 1. The zero-order valence-corrected chi connectivity index (χ0v) is 17.1. The van der Waals surface area contributed by atoms with Crippen LogP contribution in [0, 0.1) is 28.6 Å². The second-order valence-corrected chi connectivity index (χ2v) is 9.45. The van der Waals surface area contributed by atoms with Gasteiger partial charge in [-0.15, -0.1) is 0 Å². The van der Waals surface area contributed by atoms with Crippen molar-refractivity contribution in [3.05, 3.63) is 54.0 Å². The fourth-order valence-corrected chi connectivity index (χ4v) is 5.52. The van der Waals surface area contributed by atoms with Crippen LogP contribution in [0.5, 0.6) is 0 Å². The molecule has 1 spiro atoms. The minimum absolute atomic E-state index is 0.00646. The van der Waals surface area contributed by atoms with Crippen LogP contribution >= 0.6 is 0 Å². The van der Waals surface area contributed by atoms with Crippen LogP contribution in [0.4, 0.5) is 5.82 Å². The van der Waals surface area contributed by atoms with Gasteiger partial charge in [0.25, 0.3) is 0 Å². The first-order valence-corrected chi connectivity index (χ1v) is 10.6. The summed E-state index contributed by atoms with van der Waals surface area (Å²) in [4.78, 5) is 17.3. The summed E-state index contributed by atoms with van der Waals surface area (Å²) in [6.07, 6.45) is 8.93. The molecule has 1 aromatic carbocycles. The molecule has 0 radical (unpaired) electrons. The van der Waals surface area contributed by atoms with E-state index in [4.69, 9.17) is 0 Å².